The predicted molar refractivity (Wildman–Crippen MR) is 157 cm³/mol. The SMILES string of the molecule is C=C(CO)C1CC[C@]2(N)CCC3[C@H](CCC4[C@@]3(C)CCC3C(C)(C)C(c5ccc(C(=O)O)c(F)c5)=CC[C@@]34C)C12. The van der Waals surface area contributed by atoms with Crippen LogP contribution in [0.1, 0.15) is 101 Å². The van der Waals surface area contributed by atoms with Crippen molar-refractivity contribution in [1.82, 2.24) is 0 Å². The standard InChI is InChI=1S/C35H48FNO3/c1-20(19-38)22-10-16-35(37)17-12-26-23(30(22)35)8-9-29-33(26,4)15-13-28-32(2,3)25(11-14-34(28,29)5)21-6-7-24(31(39)40)27(36)18-21/h6-7,11,18,22-23,26,28-30,38H,1,8-10,12-17,19,37H2,2-5H3,(H,39,40)/t22?,23-,26?,28?,29?,30?,33-,34-,35-/m0/s1. The van der Waals surface area contributed by atoms with Crippen LogP contribution in [0.4, 0.5) is 4.39 Å². The van der Waals surface area contributed by atoms with Gasteiger partial charge in [-0.05, 0) is 138 Å². The fourth-order valence-electron chi connectivity index (χ4n) is 11.9. The van der Waals surface area contributed by atoms with Crippen molar-refractivity contribution in [1.29, 1.82) is 0 Å². The average Bonchev–Trinajstić information content (AvgIpc) is 3.25. The number of hydrogen-bond acceptors (Lipinski definition) is 3. The lowest BCUT2D eigenvalue weighted by Crippen LogP contribution is -2.63. The van der Waals surface area contributed by atoms with Crippen molar-refractivity contribution in [2.24, 2.45) is 57.5 Å². The number of allylic oxidation sites excluding steroid dienone is 2. The Labute approximate surface area is 239 Å². The summed E-state index contributed by atoms with van der Waals surface area (Å²) in [6.07, 6.45) is 12.5. The zero-order valence-corrected chi connectivity index (χ0v) is 24.8. The molecule has 0 aromatic heterocycles. The Balaban J connectivity index is 1.33. The quantitative estimate of drug-likeness (QED) is 0.340. The molecule has 6 rings (SSSR count). The first kappa shape index (κ1) is 28.2. The van der Waals surface area contributed by atoms with Crippen LogP contribution < -0.4 is 5.73 Å². The number of carboxylic acids is 1. The van der Waals surface area contributed by atoms with Gasteiger partial charge in [-0.2, -0.15) is 0 Å². The second kappa shape index (κ2) is 9.26. The smallest absolute Gasteiger partial charge is 0.338 e. The number of aliphatic hydroxyl groups excluding tert-OH is 1. The number of nitrogens with two attached hydrogens (primary N) is 1. The third-order valence-corrected chi connectivity index (χ3v) is 13.5. The molecule has 5 heteroatoms. The molecule has 1 aromatic rings. The van der Waals surface area contributed by atoms with Crippen LogP contribution in [0.25, 0.3) is 5.57 Å². The Kier molecular flexibility index (Phi) is 6.52. The number of carbonyl (C=O) groups is 1. The van der Waals surface area contributed by atoms with Crippen LogP contribution in [-0.4, -0.2) is 28.3 Å². The molecule has 0 bridgehead atoms. The second-order valence-electron chi connectivity index (χ2n) is 15.3. The zero-order valence-electron chi connectivity index (χ0n) is 24.8. The van der Waals surface area contributed by atoms with Crippen LogP contribution in [0.5, 0.6) is 0 Å². The first-order valence-corrected chi connectivity index (χ1v) is 15.6. The van der Waals surface area contributed by atoms with Crippen LogP contribution in [0.2, 0.25) is 0 Å². The number of aliphatic hydroxyl groups is 1. The topological polar surface area (TPSA) is 83.5 Å². The molecule has 0 spiro atoms. The first-order chi connectivity index (χ1) is 18.8. The van der Waals surface area contributed by atoms with Gasteiger partial charge in [0.25, 0.3) is 0 Å². The van der Waals surface area contributed by atoms with Gasteiger partial charge in [0.15, 0.2) is 0 Å². The third kappa shape index (κ3) is 3.79. The lowest BCUT2D eigenvalue weighted by Gasteiger charge is -2.68. The number of aromatic carboxylic acids is 1. The molecule has 4 nitrogen and oxygen atoms in total. The van der Waals surface area contributed by atoms with E-state index in [-0.39, 0.29) is 34.0 Å². The molecular formula is C35H48FNO3. The summed E-state index contributed by atoms with van der Waals surface area (Å²) in [7, 11) is 0. The lowest BCUT2D eigenvalue weighted by molar-refractivity contribution is -0.173. The highest BCUT2D eigenvalue weighted by Gasteiger charge is 2.66. The molecule has 4 fully saturated rings. The van der Waals surface area contributed by atoms with Crippen molar-refractivity contribution in [2.75, 3.05) is 6.61 Å². The summed E-state index contributed by atoms with van der Waals surface area (Å²) in [5.74, 6) is 1.26. The van der Waals surface area contributed by atoms with Crippen molar-refractivity contribution < 1.29 is 19.4 Å². The van der Waals surface area contributed by atoms with E-state index in [1.807, 2.05) is 0 Å². The lowest BCUT2D eigenvalue weighted by atomic mass is 9.36. The van der Waals surface area contributed by atoms with Crippen LogP contribution in [-0.2, 0) is 0 Å². The highest BCUT2D eigenvalue weighted by Crippen LogP contribution is 2.72. The summed E-state index contributed by atoms with van der Waals surface area (Å²) in [5.41, 5.74) is 10.0. The molecule has 218 valence electrons. The fraction of sp³-hybridized carbons (Fsp3) is 0.686. The van der Waals surface area contributed by atoms with E-state index < -0.39 is 11.8 Å². The molecule has 5 aliphatic rings. The van der Waals surface area contributed by atoms with Gasteiger partial charge in [-0.15, -0.1) is 0 Å². The Hall–Kier alpha value is -1.98. The second-order valence-corrected chi connectivity index (χ2v) is 15.3. The first-order valence-electron chi connectivity index (χ1n) is 15.6. The Morgan fingerprint density at radius 2 is 1.75 bits per heavy atom. The van der Waals surface area contributed by atoms with Crippen LogP contribution in [0.3, 0.4) is 0 Å². The number of carboxylic acid groups (broad SMARTS) is 1. The summed E-state index contributed by atoms with van der Waals surface area (Å²) in [4.78, 5) is 11.4. The Bertz CT molecular complexity index is 1270. The van der Waals surface area contributed by atoms with Crippen molar-refractivity contribution in [3.8, 4) is 0 Å². The van der Waals surface area contributed by atoms with Crippen molar-refractivity contribution >= 4 is 11.5 Å². The molecule has 4 saturated carbocycles. The van der Waals surface area contributed by atoms with Gasteiger partial charge in [-0.1, -0.05) is 46.4 Å². The van der Waals surface area contributed by atoms with Gasteiger partial charge in [-0.25, -0.2) is 9.18 Å². The van der Waals surface area contributed by atoms with E-state index in [0.29, 0.717) is 35.5 Å². The van der Waals surface area contributed by atoms with Gasteiger partial charge >= 0.3 is 5.97 Å². The van der Waals surface area contributed by atoms with E-state index in [1.54, 1.807) is 6.07 Å². The minimum absolute atomic E-state index is 0.0704. The molecule has 0 saturated heterocycles. The van der Waals surface area contributed by atoms with E-state index in [2.05, 4.69) is 40.3 Å². The van der Waals surface area contributed by atoms with Crippen LogP contribution in [0.15, 0.2) is 36.4 Å². The van der Waals surface area contributed by atoms with E-state index in [4.69, 9.17) is 5.73 Å². The maximum Gasteiger partial charge on any atom is 0.338 e. The van der Waals surface area contributed by atoms with Gasteiger partial charge in [-0.3, -0.25) is 0 Å². The summed E-state index contributed by atoms with van der Waals surface area (Å²) in [6.45, 7) is 14.1. The minimum atomic E-state index is -1.23. The Morgan fingerprint density at radius 3 is 2.42 bits per heavy atom. The molecule has 5 aliphatic carbocycles. The van der Waals surface area contributed by atoms with E-state index in [1.165, 1.54) is 37.8 Å². The summed E-state index contributed by atoms with van der Waals surface area (Å²) < 4.78 is 14.7. The van der Waals surface area contributed by atoms with Gasteiger partial charge in [0, 0.05) is 5.54 Å². The number of halogens is 1. The Morgan fingerprint density at radius 1 is 1.02 bits per heavy atom. The van der Waals surface area contributed by atoms with E-state index in [9.17, 15) is 19.4 Å². The zero-order chi connectivity index (χ0) is 28.8. The third-order valence-electron chi connectivity index (χ3n) is 13.5. The van der Waals surface area contributed by atoms with Crippen LogP contribution in [0, 0.1) is 57.6 Å². The fourth-order valence-corrected chi connectivity index (χ4v) is 11.9. The summed E-state index contributed by atoms with van der Waals surface area (Å²) in [5, 5.41) is 19.3. The molecule has 1 aromatic carbocycles. The maximum absolute atomic E-state index is 14.7. The van der Waals surface area contributed by atoms with Gasteiger partial charge in [0.05, 0.1) is 12.2 Å². The number of hydrogen-bond donors (Lipinski definition) is 3. The normalized spacial score (nSPS) is 43.5. The average molecular weight is 550 g/mol. The van der Waals surface area contributed by atoms with E-state index in [0.717, 1.165) is 48.8 Å². The van der Waals surface area contributed by atoms with Crippen molar-refractivity contribution in [3.05, 3.63) is 53.4 Å². The number of benzene rings is 1. The highest BCUT2D eigenvalue weighted by molar-refractivity contribution is 5.88. The molecule has 0 heterocycles. The van der Waals surface area contributed by atoms with Crippen molar-refractivity contribution in [3.63, 3.8) is 0 Å². The maximum atomic E-state index is 14.7. The predicted octanol–water partition coefficient (Wildman–Crippen LogP) is 7.47. The van der Waals surface area contributed by atoms with Gasteiger partial charge in [0.2, 0.25) is 0 Å². The van der Waals surface area contributed by atoms with Gasteiger partial charge < -0.3 is 15.9 Å². The molecule has 4 N–H and O–H groups in total. The highest BCUT2D eigenvalue weighted by atomic mass is 19.1. The number of rotatable bonds is 4. The minimum Gasteiger partial charge on any atom is -0.478 e. The largest absolute Gasteiger partial charge is 0.478 e. The van der Waals surface area contributed by atoms with Gasteiger partial charge in [0.1, 0.15) is 5.82 Å². The number of fused-ring (bicyclic) bond motifs is 7. The van der Waals surface area contributed by atoms with Crippen molar-refractivity contribution in [2.45, 2.75) is 91.0 Å². The molecule has 0 aliphatic heterocycles. The molecule has 40 heavy (non-hydrogen) atoms. The molecule has 0 amide bonds. The summed E-state index contributed by atoms with van der Waals surface area (Å²) in [6, 6.07) is 4.64. The molecular weight excluding hydrogens is 501 g/mol. The molecule has 9 atom stereocenters. The van der Waals surface area contributed by atoms with E-state index >= 15 is 0 Å². The molecule has 5 unspecified atom stereocenters. The monoisotopic (exact) mass is 549 g/mol. The van der Waals surface area contributed by atoms with Crippen LogP contribution >= 0.6 is 0 Å². The summed E-state index contributed by atoms with van der Waals surface area (Å²) >= 11 is 0. The molecule has 0 radical (unpaired) electrons.